The summed E-state index contributed by atoms with van der Waals surface area (Å²) in [5.41, 5.74) is 0. The summed E-state index contributed by atoms with van der Waals surface area (Å²) < 4.78 is 0. The normalized spacial score (nSPS) is 20.0. The second kappa shape index (κ2) is 7.51. The number of rotatable bonds is 6. The lowest BCUT2D eigenvalue weighted by Gasteiger charge is -2.28. The SMILES string of the molecule is CC(C)C(CC1CCCCC1)C(=O)N[C@@H](C)C(=O)O. The summed E-state index contributed by atoms with van der Waals surface area (Å²) in [6.45, 7) is 5.59. The van der Waals surface area contributed by atoms with Gasteiger partial charge in [-0.15, -0.1) is 0 Å². The predicted molar refractivity (Wildman–Crippen MR) is 74.8 cm³/mol. The summed E-state index contributed by atoms with van der Waals surface area (Å²) in [7, 11) is 0. The van der Waals surface area contributed by atoms with Crippen molar-refractivity contribution in [2.45, 2.75) is 65.3 Å². The lowest BCUT2D eigenvalue weighted by Crippen LogP contribution is -2.43. The molecule has 1 aliphatic carbocycles. The van der Waals surface area contributed by atoms with E-state index in [0.29, 0.717) is 5.92 Å². The van der Waals surface area contributed by atoms with Crippen LogP contribution in [0.15, 0.2) is 0 Å². The van der Waals surface area contributed by atoms with Gasteiger partial charge in [-0.3, -0.25) is 9.59 Å². The third-order valence-electron chi connectivity index (χ3n) is 4.18. The maximum Gasteiger partial charge on any atom is 0.325 e. The summed E-state index contributed by atoms with van der Waals surface area (Å²) in [6, 6.07) is -0.805. The zero-order valence-corrected chi connectivity index (χ0v) is 12.3. The second-order valence-electron chi connectivity index (χ2n) is 6.16. The second-order valence-corrected chi connectivity index (χ2v) is 6.16. The molecule has 0 saturated heterocycles. The van der Waals surface area contributed by atoms with E-state index in [-0.39, 0.29) is 17.7 Å². The fourth-order valence-corrected chi connectivity index (χ4v) is 2.85. The highest BCUT2D eigenvalue weighted by molar-refractivity contribution is 5.84. The van der Waals surface area contributed by atoms with E-state index < -0.39 is 12.0 Å². The average Bonchev–Trinajstić information content (AvgIpc) is 2.36. The molecule has 2 N–H and O–H groups in total. The Morgan fingerprint density at radius 3 is 2.21 bits per heavy atom. The molecule has 1 saturated carbocycles. The molecule has 1 unspecified atom stereocenters. The van der Waals surface area contributed by atoms with Gasteiger partial charge in [0, 0.05) is 5.92 Å². The smallest absolute Gasteiger partial charge is 0.325 e. The first kappa shape index (κ1) is 16.0. The molecule has 0 aromatic rings. The molecular weight excluding hydrogens is 242 g/mol. The van der Waals surface area contributed by atoms with Gasteiger partial charge in [0.2, 0.25) is 5.91 Å². The van der Waals surface area contributed by atoms with Gasteiger partial charge in [-0.25, -0.2) is 0 Å². The lowest BCUT2D eigenvalue weighted by molar-refractivity contribution is -0.142. The van der Waals surface area contributed by atoms with E-state index in [9.17, 15) is 9.59 Å². The summed E-state index contributed by atoms with van der Waals surface area (Å²) >= 11 is 0. The quantitative estimate of drug-likeness (QED) is 0.779. The van der Waals surface area contributed by atoms with Gasteiger partial charge in [-0.1, -0.05) is 46.0 Å². The van der Waals surface area contributed by atoms with Gasteiger partial charge in [0.1, 0.15) is 6.04 Å². The number of hydrogen-bond donors (Lipinski definition) is 2. The number of carbonyl (C=O) groups excluding carboxylic acids is 1. The third-order valence-corrected chi connectivity index (χ3v) is 4.18. The molecule has 0 heterocycles. The van der Waals surface area contributed by atoms with Gasteiger partial charge in [0.05, 0.1) is 0 Å². The number of amides is 1. The minimum absolute atomic E-state index is 0.0649. The van der Waals surface area contributed by atoms with Crippen LogP contribution < -0.4 is 5.32 Å². The van der Waals surface area contributed by atoms with E-state index in [2.05, 4.69) is 5.32 Å². The van der Waals surface area contributed by atoms with Crippen molar-refractivity contribution in [3.63, 3.8) is 0 Å². The van der Waals surface area contributed by atoms with Crippen molar-refractivity contribution < 1.29 is 14.7 Å². The van der Waals surface area contributed by atoms with Crippen LogP contribution in [-0.4, -0.2) is 23.0 Å². The first-order valence-corrected chi connectivity index (χ1v) is 7.45. The Morgan fingerprint density at radius 1 is 1.16 bits per heavy atom. The van der Waals surface area contributed by atoms with Gasteiger partial charge in [-0.2, -0.15) is 0 Å². The van der Waals surface area contributed by atoms with E-state index in [4.69, 9.17) is 5.11 Å². The number of nitrogens with one attached hydrogen (secondary N) is 1. The Morgan fingerprint density at radius 2 is 1.74 bits per heavy atom. The van der Waals surface area contributed by atoms with E-state index in [1.807, 2.05) is 13.8 Å². The predicted octanol–water partition coefficient (Wildman–Crippen LogP) is 2.82. The number of aliphatic carboxylic acids is 1. The van der Waals surface area contributed by atoms with Crippen LogP contribution in [0.5, 0.6) is 0 Å². The maximum atomic E-state index is 12.2. The first-order chi connectivity index (χ1) is 8.91. The molecule has 1 rings (SSSR count). The summed E-state index contributed by atoms with van der Waals surface area (Å²) in [5, 5.41) is 11.5. The Kier molecular flexibility index (Phi) is 6.32. The zero-order valence-electron chi connectivity index (χ0n) is 12.3. The summed E-state index contributed by atoms with van der Waals surface area (Å²) in [5.74, 6) is -0.260. The van der Waals surface area contributed by atoms with Gasteiger partial charge in [0.15, 0.2) is 0 Å². The highest BCUT2D eigenvalue weighted by Crippen LogP contribution is 2.31. The maximum absolute atomic E-state index is 12.2. The molecule has 0 radical (unpaired) electrons. The molecule has 110 valence electrons. The minimum atomic E-state index is -0.978. The molecule has 1 aliphatic rings. The zero-order chi connectivity index (χ0) is 14.4. The van der Waals surface area contributed by atoms with Crippen molar-refractivity contribution in [1.82, 2.24) is 5.32 Å². The van der Waals surface area contributed by atoms with E-state index in [1.54, 1.807) is 0 Å². The highest BCUT2D eigenvalue weighted by Gasteiger charge is 2.28. The Labute approximate surface area is 116 Å². The summed E-state index contributed by atoms with van der Waals surface area (Å²) in [4.78, 5) is 23.0. The molecular formula is C15H27NO3. The molecule has 2 atom stereocenters. The average molecular weight is 269 g/mol. The standard InChI is InChI=1S/C15H27NO3/c1-10(2)13(9-12-7-5-4-6-8-12)14(17)16-11(3)15(18)19/h10-13H,4-9H2,1-3H3,(H,16,17)(H,18,19)/t11-,13?/m0/s1. The van der Waals surface area contributed by atoms with E-state index in [1.165, 1.54) is 39.0 Å². The molecule has 4 heteroatoms. The van der Waals surface area contributed by atoms with Crippen LogP contribution in [0, 0.1) is 17.8 Å². The van der Waals surface area contributed by atoms with Gasteiger partial charge >= 0.3 is 5.97 Å². The molecule has 0 spiro atoms. The highest BCUT2D eigenvalue weighted by atomic mass is 16.4. The monoisotopic (exact) mass is 269 g/mol. The molecule has 0 bridgehead atoms. The molecule has 4 nitrogen and oxygen atoms in total. The van der Waals surface area contributed by atoms with Crippen LogP contribution in [0.3, 0.4) is 0 Å². The lowest BCUT2D eigenvalue weighted by atomic mass is 9.79. The third kappa shape index (κ3) is 5.21. The fraction of sp³-hybridized carbons (Fsp3) is 0.867. The van der Waals surface area contributed by atoms with E-state index in [0.717, 1.165) is 6.42 Å². The van der Waals surface area contributed by atoms with Crippen LogP contribution in [0.1, 0.15) is 59.3 Å². The van der Waals surface area contributed by atoms with Crippen LogP contribution in [0.2, 0.25) is 0 Å². The Bertz CT molecular complexity index is 309. The molecule has 0 aromatic carbocycles. The van der Waals surface area contributed by atoms with Crippen LogP contribution in [-0.2, 0) is 9.59 Å². The number of carbonyl (C=O) groups is 2. The number of carboxylic acid groups (broad SMARTS) is 1. The molecule has 1 fully saturated rings. The topological polar surface area (TPSA) is 66.4 Å². The minimum Gasteiger partial charge on any atom is -0.480 e. The van der Waals surface area contributed by atoms with Gasteiger partial charge < -0.3 is 10.4 Å². The van der Waals surface area contributed by atoms with Crippen molar-refractivity contribution in [2.24, 2.45) is 17.8 Å². The fourth-order valence-electron chi connectivity index (χ4n) is 2.85. The largest absolute Gasteiger partial charge is 0.480 e. The summed E-state index contributed by atoms with van der Waals surface area (Å²) in [6.07, 6.45) is 7.17. The first-order valence-electron chi connectivity index (χ1n) is 7.45. The Balaban J connectivity index is 2.55. The van der Waals surface area contributed by atoms with Gasteiger partial charge in [-0.05, 0) is 25.2 Å². The number of carboxylic acids is 1. The van der Waals surface area contributed by atoms with Crippen LogP contribution in [0.4, 0.5) is 0 Å². The Hall–Kier alpha value is -1.06. The van der Waals surface area contributed by atoms with Crippen LogP contribution in [0.25, 0.3) is 0 Å². The number of hydrogen-bond acceptors (Lipinski definition) is 2. The molecule has 0 aromatic heterocycles. The van der Waals surface area contributed by atoms with Gasteiger partial charge in [0.25, 0.3) is 0 Å². The van der Waals surface area contributed by atoms with Crippen molar-refractivity contribution in [3.05, 3.63) is 0 Å². The molecule has 0 aliphatic heterocycles. The molecule has 19 heavy (non-hydrogen) atoms. The van der Waals surface area contributed by atoms with Crippen molar-refractivity contribution >= 4 is 11.9 Å². The van der Waals surface area contributed by atoms with E-state index >= 15 is 0 Å². The van der Waals surface area contributed by atoms with Crippen molar-refractivity contribution in [3.8, 4) is 0 Å². The van der Waals surface area contributed by atoms with Crippen LogP contribution >= 0.6 is 0 Å². The van der Waals surface area contributed by atoms with Crippen molar-refractivity contribution in [1.29, 1.82) is 0 Å². The molecule has 1 amide bonds. The van der Waals surface area contributed by atoms with Crippen molar-refractivity contribution in [2.75, 3.05) is 0 Å².